The zero-order valence-electron chi connectivity index (χ0n) is 13.3. The summed E-state index contributed by atoms with van der Waals surface area (Å²) in [7, 11) is 2.13. The first-order valence-electron chi connectivity index (χ1n) is 7.45. The van der Waals surface area contributed by atoms with Crippen LogP contribution in [0.25, 0.3) is 0 Å². The lowest BCUT2D eigenvalue weighted by molar-refractivity contribution is 0.218. The molecule has 2 rings (SSSR count). The van der Waals surface area contributed by atoms with E-state index in [0.29, 0.717) is 12.1 Å². The molecule has 2 heterocycles. The van der Waals surface area contributed by atoms with Gasteiger partial charge in [0.25, 0.3) is 0 Å². The average Bonchev–Trinajstić information content (AvgIpc) is 3.08. The van der Waals surface area contributed by atoms with Gasteiger partial charge in [-0.1, -0.05) is 25.1 Å². The molecule has 0 aromatic carbocycles. The van der Waals surface area contributed by atoms with Crippen molar-refractivity contribution in [3.63, 3.8) is 0 Å². The van der Waals surface area contributed by atoms with E-state index < -0.39 is 0 Å². The number of hydrogen-bond donors (Lipinski definition) is 1. The van der Waals surface area contributed by atoms with Crippen LogP contribution in [0.15, 0.2) is 28.1 Å². The second-order valence-electron chi connectivity index (χ2n) is 5.87. The summed E-state index contributed by atoms with van der Waals surface area (Å²) in [5.74, 6) is 0.927. The van der Waals surface area contributed by atoms with Crippen molar-refractivity contribution in [2.24, 2.45) is 0 Å². The van der Waals surface area contributed by atoms with Crippen LogP contribution >= 0.6 is 11.3 Å². The highest BCUT2D eigenvalue weighted by Crippen LogP contribution is 2.15. The van der Waals surface area contributed by atoms with E-state index in [0.717, 1.165) is 31.0 Å². The van der Waals surface area contributed by atoms with Crippen LogP contribution in [0.5, 0.6) is 0 Å². The molecule has 4 nitrogen and oxygen atoms in total. The number of likely N-dealkylation sites (N-methyl/N-ethyl adjacent to an activating group) is 1. The normalized spacial score (nSPS) is 13.2. The third-order valence-electron chi connectivity index (χ3n) is 3.53. The van der Waals surface area contributed by atoms with Gasteiger partial charge in [0.2, 0.25) is 0 Å². The van der Waals surface area contributed by atoms with Gasteiger partial charge in [0, 0.05) is 29.6 Å². The molecule has 1 N–H and O–H groups in total. The molecule has 0 fully saturated rings. The van der Waals surface area contributed by atoms with Crippen LogP contribution in [0.3, 0.4) is 0 Å². The van der Waals surface area contributed by atoms with E-state index in [1.165, 1.54) is 4.88 Å². The molecule has 21 heavy (non-hydrogen) atoms. The van der Waals surface area contributed by atoms with Gasteiger partial charge in [0.15, 0.2) is 5.76 Å². The third kappa shape index (κ3) is 5.26. The van der Waals surface area contributed by atoms with Gasteiger partial charge in [-0.05, 0) is 31.8 Å². The van der Waals surface area contributed by atoms with Gasteiger partial charge >= 0.3 is 0 Å². The fourth-order valence-electron chi connectivity index (χ4n) is 2.10. The fraction of sp³-hybridized carbons (Fsp3) is 0.562. The van der Waals surface area contributed by atoms with E-state index >= 15 is 0 Å². The topological polar surface area (TPSA) is 41.3 Å². The first-order valence-corrected chi connectivity index (χ1v) is 8.33. The summed E-state index contributed by atoms with van der Waals surface area (Å²) in [6.07, 6.45) is 1.07. The monoisotopic (exact) mass is 307 g/mol. The Morgan fingerprint density at radius 2 is 2.19 bits per heavy atom. The summed E-state index contributed by atoms with van der Waals surface area (Å²) in [5, 5.41) is 9.59. The quantitative estimate of drug-likeness (QED) is 0.812. The lowest BCUT2D eigenvalue weighted by Gasteiger charge is -2.22. The molecule has 0 spiro atoms. The maximum Gasteiger partial charge on any atom is 0.151 e. The Labute approximate surface area is 131 Å². The van der Waals surface area contributed by atoms with Crippen LogP contribution in [0, 0.1) is 0 Å². The van der Waals surface area contributed by atoms with Crippen LogP contribution in [-0.4, -0.2) is 29.2 Å². The second-order valence-corrected chi connectivity index (χ2v) is 6.90. The lowest BCUT2D eigenvalue weighted by atomic mass is 10.2. The molecule has 0 radical (unpaired) electrons. The second kappa shape index (κ2) is 7.73. The molecule has 0 saturated carbocycles. The first-order chi connectivity index (χ1) is 10.0. The molecule has 2 aromatic rings. The largest absolute Gasteiger partial charge is 0.360 e. The van der Waals surface area contributed by atoms with Gasteiger partial charge in [0.1, 0.15) is 0 Å². The molecule has 0 aliphatic rings. The van der Waals surface area contributed by atoms with Crippen LogP contribution in [-0.2, 0) is 19.5 Å². The van der Waals surface area contributed by atoms with Crippen molar-refractivity contribution in [2.75, 3.05) is 7.05 Å². The highest BCUT2D eigenvalue weighted by atomic mass is 32.1. The van der Waals surface area contributed by atoms with Crippen molar-refractivity contribution >= 4 is 11.3 Å². The third-order valence-corrected chi connectivity index (χ3v) is 4.43. The van der Waals surface area contributed by atoms with Crippen molar-refractivity contribution in [3.8, 4) is 0 Å². The number of hydrogen-bond acceptors (Lipinski definition) is 5. The van der Waals surface area contributed by atoms with Crippen LogP contribution in [0.4, 0.5) is 0 Å². The fourth-order valence-corrected chi connectivity index (χ4v) is 2.93. The van der Waals surface area contributed by atoms with Gasteiger partial charge in [0.05, 0.1) is 12.2 Å². The van der Waals surface area contributed by atoms with Crippen LogP contribution in [0.1, 0.15) is 37.1 Å². The van der Waals surface area contributed by atoms with E-state index in [-0.39, 0.29) is 0 Å². The van der Waals surface area contributed by atoms with Crippen molar-refractivity contribution in [1.82, 2.24) is 15.4 Å². The number of thiophene rings is 1. The summed E-state index contributed by atoms with van der Waals surface area (Å²) >= 11 is 1.82. The summed E-state index contributed by atoms with van der Waals surface area (Å²) in [6, 6.07) is 7.28. The van der Waals surface area contributed by atoms with E-state index in [2.05, 4.69) is 60.7 Å². The molecule has 1 unspecified atom stereocenters. The Morgan fingerprint density at radius 3 is 2.86 bits per heavy atom. The van der Waals surface area contributed by atoms with E-state index in [1.54, 1.807) is 0 Å². The summed E-state index contributed by atoms with van der Waals surface area (Å²) in [6.45, 7) is 8.05. The lowest BCUT2D eigenvalue weighted by Crippen LogP contribution is -2.30. The predicted octanol–water partition coefficient (Wildman–Crippen LogP) is 3.30. The highest BCUT2D eigenvalue weighted by molar-refractivity contribution is 7.09. The number of nitrogens with one attached hydrogen (secondary N) is 1. The zero-order chi connectivity index (χ0) is 15.2. The summed E-state index contributed by atoms with van der Waals surface area (Å²) in [4.78, 5) is 3.73. The van der Waals surface area contributed by atoms with Crippen molar-refractivity contribution in [2.45, 2.75) is 52.4 Å². The minimum absolute atomic E-state index is 0.457. The summed E-state index contributed by atoms with van der Waals surface area (Å²) in [5.41, 5.74) is 0.970. The van der Waals surface area contributed by atoms with Gasteiger partial charge in [-0.2, -0.15) is 0 Å². The maximum absolute atomic E-state index is 5.42. The molecule has 0 bridgehead atoms. The minimum Gasteiger partial charge on any atom is -0.360 e. The molecular weight excluding hydrogens is 282 g/mol. The predicted molar refractivity (Wildman–Crippen MR) is 87.4 cm³/mol. The van der Waals surface area contributed by atoms with Crippen LogP contribution < -0.4 is 5.32 Å². The zero-order valence-corrected chi connectivity index (χ0v) is 14.1. The first kappa shape index (κ1) is 16.2. The minimum atomic E-state index is 0.457. The van der Waals surface area contributed by atoms with Crippen molar-refractivity contribution in [1.29, 1.82) is 0 Å². The Balaban J connectivity index is 1.83. The standard InChI is InChI=1S/C16H25N3OS/c1-12(2)17-10-14-9-15(20-18-14)11-19(4)13(3)8-16-6-5-7-21-16/h5-7,9,12-13,17H,8,10-11H2,1-4H3. The molecule has 5 heteroatoms. The molecule has 0 saturated heterocycles. The Kier molecular flexibility index (Phi) is 5.96. The van der Waals surface area contributed by atoms with E-state index in [9.17, 15) is 0 Å². The van der Waals surface area contributed by atoms with Crippen LogP contribution in [0.2, 0.25) is 0 Å². The van der Waals surface area contributed by atoms with Gasteiger partial charge < -0.3 is 9.84 Å². The number of nitrogens with zero attached hydrogens (tertiary/aromatic N) is 2. The molecule has 0 amide bonds. The van der Waals surface area contributed by atoms with Crippen molar-refractivity contribution in [3.05, 3.63) is 39.9 Å². The highest BCUT2D eigenvalue weighted by Gasteiger charge is 2.14. The number of aromatic nitrogens is 1. The molecular formula is C16H25N3OS. The molecule has 0 aliphatic carbocycles. The molecule has 0 aliphatic heterocycles. The van der Waals surface area contributed by atoms with Crippen molar-refractivity contribution < 1.29 is 4.52 Å². The SMILES string of the molecule is CC(C)NCc1cc(CN(C)C(C)Cc2cccs2)on1. The Bertz CT molecular complexity index is 521. The van der Waals surface area contributed by atoms with E-state index in [1.807, 2.05) is 17.4 Å². The molecule has 116 valence electrons. The maximum atomic E-state index is 5.42. The smallest absolute Gasteiger partial charge is 0.151 e. The molecule has 2 aromatic heterocycles. The Hall–Kier alpha value is -1.17. The number of rotatable bonds is 8. The van der Waals surface area contributed by atoms with Gasteiger partial charge in [-0.25, -0.2) is 0 Å². The van der Waals surface area contributed by atoms with E-state index in [4.69, 9.17) is 4.52 Å². The average molecular weight is 307 g/mol. The summed E-state index contributed by atoms with van der Waals surface area (Å²) < 4.78 is 5.42. The molecule has 1 atom stereocenters. The van der Waals surface area contributed by atoms with Gasteiger partial charge in [-0.3, -0.25) is 4.90 Å². The Morgan fingerprint density at radius 1 is 1.38 bits per heavy atom. The van der Waals surface area contributed by atoms with Gasteiger partial charge in [-0.15, -0.1) is 11.3 Å².